The first-order chi connectivity index (χ1) is 32.0. The highest BCUT2D eigenvalue weighted by atomic mass is 16.5. The Bertz CT molecular complexity index is 2820. The van der Waals surface area contributed by atoms with Crippen LogP contribution >= 0.6 is 0 Å². The van der Waals surface area contributed by atoms with Gasteiger partial charge in [0.15, 0.2) is 5.69 Å². The highest BCUT2D eigenvalue weighted by Crippen LogP contribution is 2.33. The van der Waals surface area contributed by atoms with Crippen LogP contribution in [0.25, 0.3) is 11.4 Å². The summed E-state index contributed by atoms with van der Waals surface area (Å²) in [4.78, 5) is 70.8. The molecular formula is C50H51N9O7. The summed E-state index contributed by atoms with van der Waals surface area (Å²) in [6.45, 7) is 4.41. The van der Waals surface area contributed by atoms with Crippen LogP contribution in [0.1, 0.15) is 86.8 Å². The van der Waals surface area contributed by atoms with Crippen molar-refractivity contribution < 1.29 is 33.4 Å². The van der Waals surface area contributed by atoms with Gasteiger partial charge in [0, 0.05) is 72.9 Å². The number of benzene rings is 4. The third kappa shape index (κ3) is 8.25. The van der Waals surface area contributed by atoms with Crippen molar-refractivity contribution in [1.29, 1.82) is 0 Å². The van der Waals surface area contributed by atoms with Crippen LogP contribution in [0.15, 0.2) is 97.1 Å². The van der Waals surface area contributed by atoms with Crippen molar-refractivity contribution in [2.24, 2.45) is 5.73 Å². The Kier molecular flexibility index (Phi) is 12.1. The number of carbonyl (C=O) groups is 5. The number of nitrogens with two attached hydrogens (primary N) is 1. The predicted molar refractivity (Wildman–Crippen MR) is 250 cm³/mol. The highest BCUT2D eigenvalue weighted by molar-refractivity contribution is 6.10. The number of nitrogens with zero attached hydrogens (tertiary/aromatic N) is 8. The minimum atomic E-state index is -0.666. The van der Waals surface area contributed by atoms with Gasteiger partial charge in [-0.05, 0) is 143 Å². The lowest BCUT2D eigenvalue weighted by Gasteiger charge is -2.29. The molecule has 5 amide bonds. The summed E-state index contributed by atoms with van der Waals surface area (Å²) in [5.74, 6) is 0.720. The quantitative estimate of drug-likeness (QED) is 0.167. The third-order valence-electron chi connectivity index (χ3n) is 12.7. The summed E-state index contributed by atoms with van der Waals surface area (Å²) in [6.07, 6.45) is 6.24. The fourth-order valence-electron chi connectivity index (χ4n) is 9.19. The smallest absolute Gasteiger partial charge is 0.277 e. The Morgan fingerprint density at radius 1 is 0.485 bits per heavy atom. The number of hydrogen-bond acceptors (Lipinski definition) is 9. The lowest BCUT2D eigenvalue weighted by Crippen LogP contribution is -2.39. The van der Waals surface area contributed by atoms with Crippen LogP contribution in [0.5, 0.6) is 11.5 Å². The van der Waals surface area contributed by atoms with Crippen LogP contribution in [0.2, 0.25) is 0 Å². The molecule has 0 aliphatic carbocycles. The summed E-state index contributed by atoms with van der Waals surface area (Å²) in [5.41, 5.74) is 13.8. The van der Waals surface area contributed by atoms with Gasteiger partial charge in [0.25, 0.3) is 17.7 Å². The fourth-order valence-corrected chi connectivity index (χ4v) is 9.19. The van der Waals surface area contributed by atoms with Gasteiger partial charge in [-0.3, -0.25) is 24.0 Å². The van der Waals surface area contributed by atoms with Crippen molar-refractivity contribution in [2.75, 3.05) is 60.0 Å². The van der Waals surface area contributed by atoms with E-state index in [1.165, 1.54) is 4.68 Å². The highest BCUT2D eigenvalue weighted by Gasteiger charge is 2.35. The van der Waals surface area contributed by atoms with Crippen molar-refractivity contribution in [3.05, 3.63) is 131 Å². The van der Waals surface area contributed by atoms with E-state index in [2.05, 4.69) is 10.2 Å². The van der Waals surface area contributed by atoms with Crippen molar-refractivity contribution in [3.63, 3.8) is 0 Å². The minimum Gasteiger partial charge on any atom is -0.497 e. The van der Waals surface area contributed by atoms with Crippen LogP contribution in [-0.4, -0.2) is 89.5 Å². The van der Waals surface area contributed by atoms with E-state index in [-0.39, 0.29) is 29.3 Å². The Morgan fingerprint density at radius 2 is 0.864 bits per heavy atom. The Morgan fingerprint density at radius 3 is 1.27 bits per heavy atom. The van der Waals surface area contributed by atoms with Gasteiger partial charge >= 0.3 is 0 Å². The molecule has 0 atom stereocenters. The van der Waals surface area contributed by atoms with E-state index < -0.39 is 5.91 Å². The van der Waals surface area contributed by atoms with E-state index in [0.717, 1.165) is 78.4 Å². The van der Waals surface area contributed by atoms with Gasteiger partial charge in [0.1, 0.15) is 22.9 Å². The summed E-state index contributed by atoms with van der Waals surface area (Å²) in [5, 5.41) is 9.05. The zero-order valence-corrected chi connectivity index (χ0v) is 37.2. The Hall–Kier alpha value is -7.75. The number of fused-ring (bicyclic) bond motifs is 2. The third-order valence-corrected chi connectivity index (χ3v) is 12.7. The molecule has 6 aromatic rings. The number of aromatic nitrogens is 4. The molecule has 0 unspecified atom stereocenters. The van der Waals surface area contributed by atoms with Crippen LogP contribution in [0, 0.1) is 6.92 Å². The molecule has 6 heterocycles. The molecule has 338 valence electrons. The van der Waals surface area contributed by atoms with Gasteiger partial charge in [0.05, 0.1) is 31.3 Å². The average Bonchev–Trinajstić information content (AvgIpc) is 3.92. The first-order valence-electron chi connectivity index (χ1n) is 22.3. The average molecular weight is 890 g/mol. The number of carbonyl (C=O) groups excluding carboxylic acids is 5. The van der Waals surface area contributed by atoms with Crippen LogP contribution < -0.4 is 34.8 Å². The number of ether oxygens (including phenoxy) is 2. The number of methoxy groups -OCH3 is 2. The van der Waals surface area contributed by atoms with Gasteiger partial charge in [-0.2, -0.15) is 10.2 Å². The molecular weight excluding hydrogens is 839 g/mol. The molecule has 2 aromatic heterocycles. The molecule has 2 saturated heterocycles. The minimum absolute atomic E-state index is 0.0653. The lowest BCUT2D eigenvalue weighted by molar-refractivity contribution is -0.120. The zero-order valence-electron chi connectivity index (χ0n) is 37.2. The second-order valence-electron chi connectivity index (χ2n) is 16.6. The topological polar surface area (TPSA) is 178 Å². The second-order valence-corrected chi connectivity index (χ2v) is 16.6. The molecule has 4 aliphatic rings. The number of aryl methyl sites for hydroxylation is 1. The maximum Gasteiger partial charge on any atom is 0.277 e. The largest absolute Gasteiger partial charge is 0.497 e. The van der Waals surface area contributed by atoms with E-state index in [4.69, 9.17) is 15.2 Å². The van der Waals surface area contributed by atoms with Crippen molar-refractivity contribution in [2.45, 2.75) is 58.3 Å². The number of primary amides is 1. The van der Waals surface area contributed by atoms with Crippen LogP contribution in [-0.2, 0) is 22.4 Å². The van der Waals surface area contributed by atoms with Gasteiger partial charge < -0.3 is 34.8 Å². The normalized spacial score (nSPS) is 16.1. The summed E-state index contributed by atoms with van der Waals surface area (Å²) < 4.78 is 13.7. The predicted octanol–water partition coefficient (Wildman–Crippen LogP) is 6.61. The SMILES string of the molecule is COc1ccc(-n2nc(C(N)=O)c3c2C(=O)N(c2ccc(N4CCCCC4=O)cc2)CC3)cc1.COc1ccc(-n2nc(C)c3c2C(=O)N(c2ccc(N4CCCCC4=O)cc2)CC3)cc1. The van der Waals surface area contributed by atoms with E-state index in [9.17, 15) is 24.0 Å². The number of rotatable bonds is 9. The lowest BCUT2D eigenvalue weighted by atomic mass is 10.0. The van der Waals surface area contributed by atoms with Crippen LogP contribution in [0.4, 0.5) is 22.7 Å². The molecule has 0 spiro atoms. The molecule has 16 heteroatoms. The summed E-state index contributed by atoms with van der Waals surface area (Å²) in [6, 6.07) is 29.8. The summed E-state index contributed by atoms with van der Waals surface area (Å²) >= 11 is 0. The van der Waals surface area contributed by atoms with Crippen molar-refractivity contribution >= 4 is 52.3 Å². The van der Waals surface area contributed by atoms with Gasteiger partial charge in [-0.1, -0.05) is 0 Å². The number of piperidine rings is 2. The second kappa shape index (κ2) is 18.4. The Balaban J connectivity index is 0.000000166. The molecule has 16 nitrogen and oxygen atoms in total. The van der Waals surface area contributed by atoms with E-state index in [0.29, 0.717) is 73.0 Å². The van der Waals surface area contributed by atoms with E-state index in [1.54, 1.807) is 57.9 Å². The zero-order chi connectivity index (χ0) is 46.1. The fraction of sp³-hybridized carbons (Fsp3) is 0.300. The molecule has 2 fully saturated rings. The van der Waals surface area contributed by atoms with Gasteiger partial charge in [0.2, 0.25) is 11.8 Å². The molecule has 10 rings (SSSR count). The van der Waals surface area contributed by atoms with E-state index >= 15 is 0 Å². The molecule has 0 saturated carbocycles. The maximum atomic E-state index is 13.6. The molecule has 4 aliphatic heterocycles. The Labute approximate surface area is 382 Å². The van der Waals surface area contributed by atoms with Crippen molar-refractivity contribution in [3.8, 4) is 22.9 Å². The van der Waals surface area contributed by atoms with Crippen molar-refractivity contribution in [1.82, 2.24) is 19.6 Å². The number of hydrogen-bond donors (Lipinski definition) is 1. The maximum absolute atomic E-state index is 13.6. The molecule has 66 heavy (non-hydrogen) atoms. The molecule has 0 bridgehead atoms. The number of anilines is 4. The molecule has 0 radical (unpaired) electrons. The molecule has 4 aromatic carbocycles. The first kappa shape index (κ1) is 43.5. The number of amides is 5. The van der Waals surface area contributed by atoms with Crippen LogP contribution in [0.3, 0.4) is 0 Å². The monoisotopic (exact) mass is 889 g/mol. The summed E-state index contributed by atoms with van der Waals surface area (Å²) in [7, 11) is 3.20. The van der Waals surface area contributed by atoms with E-state index in [1.807, 2.05) is 84.6 Å². The van der Waals surface area contributed by atoms with Gasteiger partial charge in [-0.25, -0.2) is 9.36 Å². The van der Waals surface area contributed by atoms with Gasteiger partial charge in [-0.15, -0.1) is 0 Å². The standard InChI is InChI=1S/C25H25N5O4.C25H26N4O3/c1-34-19-11-9-18(10-12-19)30-23-20(22(27-30)24(26)32)13-15-29(25(23)33)17-7-5-16(6-8-17)28-14-3-2-4-21(28)31;1-17-22-14-16-28(19-8-6-18(7-9-19)27-15-4-3-5-23(27)30)25(31)24(22)29(26-17)20-10-12-21(32-2)13-11-20/h5-12H,2-4,13-15H2,1H3,(H2,26,32);6-13H,3-5,14-16H2,1-2H3. The molecule has 2 N–H and O–H groups in total. The first-order valence-corrected chi connectivity index (χ1v) is 22.3.